The fourth-order valence-corrected chi connectivity index (χ4v) is 1.82. The molecule has 0 bridgehead atoms. The van der Waals surface area contributed by atoms with E-state index >= 15 is 0 Å². The molecule has 0 saturated carbocycles. The van der Waals surface area contributed by atoms with Crippen LogP contribution in [-0.4, -0.2) is 43.8 Å². The number of likely N-dealkylation sites (N-methyl/N-ethyl adjacent to an activating group) is 1. The van der Waals surface area contributed by atoms with E-state index in [0.29, 0.717) is 6.04 Å². The summed E-state index contributed by atoms with van der Waals surface area (Å²) in [6.45, 7) is 6.96. The predicted molar refractivity (Wildman–Crippen MR) is 50.1 cm³/mol. The highest BCUT2D eigenvalue weighted by Gasteiger charge is 2.18. The average molecular weight is 172 g/mol. The Bertz CT molecular complexity index is 110. The third kappa shape index (κ3) is 2.73. The zero-order valence-electron chi connectivity index (χ0n) is 7.96. The molecule has 0 amide bonds. The fourth-order valence-electron chi connectivity index (χ4n) is 1.82. The topological polar surface area (TPSA) is 38.5 Å². The molecule has 1 fully saturated rings. The van der Waals surface area contributed by atoms with Crippen LogP contribution in [0.2, 0.25) is 0 Å². The maximum Gasteiger partial charge on any atom is 0.0480 e. The molecule has 0 radical (unpaired) electrons. The molecule has 0 aromatic carbocycles. The van der Waals surface area contributed by atoms with Gasteiger partial charge in [-0.25, -0.2) is 0 Å². The van der Waals surface area contributed by atoms with Crippen molar-refractivity contribution in [2.45, 2.75) is 25.8 Å². The highest BCUT2D eigenvalue weighted by molar-refractivity contribution is 4.73. The van der Waals surface area contributed by atoms with Gasteiger partial charge in [-0.3, -0.25) is 4.90 Å². The van der Waals surface area contributed by atoms with Gasteiger partial charge in [0.05, 0.1) is 0 Å². The first kappa shape index (κ1) is 9.96. The second-order valence-electron chi connectivity index (χ2n) is 3.26. The van der Waals surface area contributed by atoms with E-state index in [1.165, 1.54) is 12.8 Å². The van der Waals surface area contributed by atoms with Gasteiger partial charge in [0.15, 0.2) is 0 Å². The van der Waals surface area contributed by atoms with Gasteiger partial charge in [-0.1, -0.05) is 6.92 Å². The van der Waals surface area contributed by atoms with E-state index in [-0.39, 0.29) is 0 Å². The van der Waals surface area contributed by atoms with Gasteiger partial charge in [-0.2, -0.15) is 0 Å². The molecule has 3 heteroatoms. The van der Waals surface area contributed by atoms with Crippen molar-refractivity contribution in [1.29, 1.82) is 0 Å². The number of rotatable bonds is 4. The summed E-state index contributed by atoms with van der Waals surface area (Å²) in [6, 6.07) is 0.715. The normalized spacial score (nSPS) is 20.2. The van der Waals surface area contributed by atoms with Crippen LogP contribution in [0.25, 0.3) is 0 Å². The maximum absolute atomic E-state index is 5.54. The standard InChI is InChI=1S/C9H20N2O/c1-2-11(6-5-10)9-3-7-12-8-4-9/h9H,2-8,10H2,1H3. The Morgan fingerprint density at radius 2 is 2.08 bits per heavy atom. The molecule has 0 aromatic rings. The Labute approximate surface area is 74.9 Å². The number of nitrogens with two attached hydrogens (primary N) is 1. The number of nitrogens with zero attached hydrogens (tertiary/aromatic N) is 1. The molecule has 2 N–H and O–H groups in total. The molecular formula is C9H20N2O. The summed E-state index contributed by atoms with van der Waals surface area (Å²) in [6.07, 6.45) is 2.35. The molecule has 12 heavy (non-hydrogen) atoms. The predicted octanol–water partition coefficient (Wildman–Crippen LogP) is 0.446. The van der Waals surface area contributed by atoms with E-state index in [4.69, 9.17) is 10.5 Å². The van der Waals surface area contributed by atoms with Crippen LogP contribution in [0.5, 0.6) is 0 Å². The van der Waals surface area contributed by atoms with Gasteiger partial charge in [-0.15, -0.1) is 0 Å². The van der Waals surface area contributed by atoms with Gasteiger partial charge >= 0.3 is 0 Å². The van der Waals surface area contributed by atoms with E-state index in [1.807, 2.05) is 0 Å². The van der Waals surface area contributed by atoms with Gasteiger partial charge < -0.3 is 10.5 Å². The Morgan fingerprint density at radius 1 is 1.42 bits per heavy atom. The van der Waals surface area contributed by atoms with Crippen molar-refractivity contribution in [2.75, 3.05) is 32.8 Å². The lowest BCUT2D eigenvalue weighted by Crippen LogP contribution is -2.41. The van der Waals surface area contributed by atoms with E-state index < -0.39 is 0 Å². The Balaban J connectivity index is 2.29. The fraction of sp³-hybridized carbons (Fsp3) is 1.00. The van der Waals surface area contributed by atoms with Gasteiger partial charge in [0, 0.05) is 32.3 Å². The van der Waals surface area contributed by atoms with Crippen molar-refractivity contribution in [2.24, 2.45) is 5.73 Å². The van der Waals surface area contributed by atoms with Crippen LogP contribution in [0, 0.1) is 0 Å². The quantitative estimate of drug-likeness (QED) is 0.669. The van der Waals surface area contributed by atoms with E-state index in [0.717, 1.165) is 32.8 Å². The van der Waals surface area contributed by atoms with Gasteiger partial charge in [0.1, 0.15) is 0 Å². The SMILES string of the molecule is CCN(CCN)C1CCOCC1. The van der Waals surface area contributed by atoms with Crippen LogP contribution < -0.4 is 5.73 Å². The number of hydrogen-bond donors (Lipinski definition) is 1. The molecule has 1 heterocycles. The first-order chi connectivity index (χ1) is 5.88. The number of hydrogen-bond acceptors (Lipinski definition) is 3. The highest BCUT2D eigenvalue weighted by Crippen LogP contribution is 2.13. The molecule has 1 saturated heterocycles. The molecule has 72 valence electrons. The Kier molecular flexibility index (Phi) is 4.58. The van der Waals surface area contributed by atoms with E-state index in [2.05, 4.69) is 11.8 Å². The first-order valence-electron chi connectivity index (χ1n) is 4.90. The third-order valence-corrected chi connectivity index (χ3v) is 2.53. The molecule has 0 unspecified atom stereocenters. The number of ether oxygens (including phenoxy) is 1. The molecule has 0 atom stereocenters. The molecule has 3 nitrogen and oxygen atoms in total. The molecule has 1 rings (SSSR count). The minimum Gasteiger partial charge on any atom is -0.381 e. The van der Waals surface area contributed by atoms with Crippen molar-refractivity contribution in [3.05, 3.63) is 0 Å². The lowest BCUT2D eigenvalue weighted by atomic mass is 10.1. The van der Waals surface area contributed by atoms with Crippen LogP contribution in [0.1, 0.15) is 19.8 Å². The van der Waals surface area contributed by atoms with Crippen molar-refractivity contribution in [3.8, 4) is 0 Å². The van der Waals surface area contributed by atoms with Crippen LogP contribution in [0.3, 0.4) is 0 Å². The first-order valence-corrected chi connectivity index (χ1v) is 4.90. The average Bonchev–Trinajstić information content (AvgIpc) is 2.15. The van der Waals surface area contributed by atoms with Gasteiger partial charge in [0.2, 0.25) is 0 Å². The molecule has 1 aliphatic rings. The second kappa shape index (κ2) is 5.51. The molecular weight excluding hydrogens is 152 g/mol. The van der Waals surface area contributed by atoms with Gasteiger partial charge in [0.25, 0.3) is 0 Å². The van der Waals surface area contributed by atoms with Crippen molar-refractivity contribution >= 4 is 0 Å². The van der Waals surface area contributed by atoms with Crippen molar-refractivity contribution in [1.82, 2.24) is 4.90 Å². The Hall–Kier alpha value is -0.120. The minimum absolute atomic E-state index is 0.715. The zero-order valence-corrected chi connectivity index (χ0v) is 7.96. The summed E-state index contributed by atoms with van der Waals surface area (Å²) >= 11 is 0. The lowest BCUT2D eigenvalue weighted by Gasteiger charge is -2.33. The van der Waals surface area contributed by atoms with Crippen LogP contribution in [0.15, 0.2) is 0 Å². The molecule has 1 aliphatic heterocycles. The van der Waals surface area contributed by atoms with Crippen molar-refractivity contribution in [3.63, 3.8) is 0 Å². The monoisotopic (exact) mass is 172 g/mol. The summed E-state index contributed by atoms with van der Waals surface area (Å²) in [5, 5.41) is 0. The maximum atomic E-state index is 5.54. The molecule has 0 spiro atoms. The van der Waals surface area contributed by atoms with E-state index in [9.17, 15) is 0 Å². The summed E-state index contributed by atoms with van der Waals surface area (Å²) in [5.41, 5.74) is 5.54. The van der Waals surface area contributed by atoms with Crippen molar-refractivity contribution < 1.29 is 4.74 Å². The largest absolute Gasteiger partial charge is 0.381 e. The highest BCUT2D eigenvalue weighted by atomic mass is 16.5. The Morgan fingerprint density at radius 3 is 2.58 bits per heavy atom. The lowest BCUT2D eigenvalue weighted by molar-refractivity contribution is 0.0369. The summed E-state index contributed by atoms with van der Waals surface area (Å²) in [5.74, 6) is 0. The zero-order chi connectivity index (χ0) is 8.81. The van der Waals surface area contributed by atoms with Gasteiger partial charge in [-0.05, 0) is 19.4 Å². The third-order valence-electron chi connectivity index (χ3n) is 2.53. The van der Waals surface area contributed by atoms with Crippen LogP contribution in [0.4, 0.5) is 0 Å². The summed E-state index contributed by atoms with van der Waals surface area (Å²) in [7, 11) is 0. The van der Waals surface area contributed by atoms with E-state index in [1.54, 1.807) is 0 Å². The molecule has 0 aromatic heterocycles. The second-order valence-corrected chi connectivity index (χ2v) is 3.26. The summed E-state index contributed by atoms with van der Waals surface area (Å²) in [4.78, 5) is 2.46. The molecule has 0 aliphatic carbocycles. The summed E-state index contributed by atoms with van der Waals surface area (Å²) < 4.78 is 5.31. The van der Waals surface area contributed by atoms with Crippen LogP contribution in [-0.2, 0) is 4.74 Å². The minimum atomic E-state index is 0.715. The smallest absolute Gasteiger partial charge is 0.0480 e. The van der Waals surface area contributed by atoms with Crippen LogP contribution >= 0.6 is 0 Å².